The van der Waals surface area contributed by atoms with Crippen LogP contribution in [0.1, 0.15) is 40.5 Å². The Morgan fingerprint density at radius 3 is 1.76 bits per heavy atom. The quantitative estimate of drug-likeness (QED) is 0.617. The summed E-state index contributed by atoms with van der Waals surface area (Å²) < 4.78 is 0. The monoisotopic (exact) mass is 218 g/mol. The van der Waals surface area contributed by atoms with Crippen molar-refractivity contribution in [3.8, 4) is 0 Å². The van der Waals surface area contributed by atoms with Gasteiger partial charge in [-0.05, 0) is 46.1 Å². The van der Waals surface area contributed by atoms with E-state index in [9.17, 15) is 0 Å². The molecule has 1 fully saturated rings. The van der Waals surface area contributed by atoms with Gasteiger partial charge in [0, 0.05) is 0 Å². The summed E-state index contributed by atoms with van der Waals surface area (Å²) >= 11 is 0. The van der Waals surface area contributed by atoms with E-state index in [1.807, 2.05) is 0 Å². The van der Waals surface area contributed by atoms with Crippen molar-refractivity contribution in [2.45, 2.75) is 18.3 Å². The van der Waals surface area contributed by atoms with Crippen LogP contribution in [0.4, 0.5) is 0 Å². The molecule has 4 rings (SSSR count). The first-order chi connectivity index (χ1) is 8.36. The number of hydrogen-bond acceptors (Lipinski definition) is 0. The highest BCUT2D eigenvalue weighted by molar-refractivity contribution is 5.84. The second kappa shape index (κ2) is 3.10. The molecule has 0 aliphatic heterocycles. The fourth-order valence-electron chi connectivity index (χ4n) is 3.22. The molecule has 0 spiro atoms. The Balaban J connectivity index is 2.03. The minimum atomic E-state index is 0.728. The molecule has 0 heterocycles. The third-order valence-corrected chi connectivity index (χ3v) is 4.16. The zero-order chi connectivity index (χ0) is 11.4. The highest BCUT2D eigenvalue weighted by Gasteiger charge is 2.43. The van der Waals surface area contributed by atoms with Crippen LogP contribution in [0.5, 0.6) is 0 Å². The van der Waals surface area contributed by atoms with Crippen LogP contribution >= 0.6 is 0 Å². The van der Waals surface area contributed by atoms with Crippen molar-refractivity contribution >= 4 is 5.57 Å². The Hall–Kier alpha value is -1.82. The molecule has 1 saturated carbocycles. The van der Waals surface area contributed by atoms with Crippen LogP contribution in [0.25, 0.3) is 5.57 Å². The van der Waals surface area contributed by atoms with Crippen molar-refractivity contribution in [2.75, 3.05) is 0 Å². The van der Waals surface area contributed by atoms with E-state index < -0.39 is 0 Å². The first-order valence-electron chi connectivity index (χ1n) is 6.24. The van der Waals surface area contributed by atoms with E-state index in [-0.39, 0.29) is 0 Å². The lowest BCUT2D eigenvalue weighted by Crippen LogP contribution is -1.91. The highest BCUT2D eigenvalue weighted by atomic mass is 14.5. The lowest BCUT2D eigenvalue weighted by Gasteiger charge is -2.11. The number of fused-ring (bicyclic) bond motifs is 5. The average molecular weight is 218 g/mol. The van der Waals surface area contributed by atoms with Crippen LogP contribution in [0.2, 0.25) is 0 Å². The van der Waals surface area contributed by atoms with Crippen LogP contribution in [0, 0.1) is 0 Å². The third kappa shape index (κ3) is 1.18. The van der Waals surface area contributed by atoms with Crippen LogP contribution in [0.3, 0.4) is 0 Å². The Morgan fingerprint density at radius 2 is 1.24 bits per heavy atom. The molecule has 2 aromatic rings. The van der Waals surface area contributed by atoms with Crippen LogP contribution < -0.4 is 0 Å². The standard InChI is InChI=1S/C17H14/c1-11-12-6-2-4-8-14(12)16-10-17(16)15-9-5-3-7-13(11)15/h2-9,16-17H,1,10H2/t16-,17?/m0/s1. The Labute approximate surface area is 102 Å². The van der Waals surface area contributed by atoms with Crippen molar-refractivity contribution in [3.05, 3.63) is 77.4 Å². The van der Waals surface area contributed by atoms with Crippen molar-refractivity contribution in [1.82, 2.24) is 0 Å². The number of rotatable bonds is 0. The van der Waals surface area contributed by atoms with E-state index in [1.165, 1.54) is 34.2 Å². The Bertz CT molecular complexity index is 568. The molecule has 0 nitrogen and oxygen atoms in total. The summed E-state index contributed by atoms with van der Waals surface area (Å²) in [4.78, 5) is 0. The van der Waals surface area contributed by atoms with Crippen LogP contribution in [-0.2, 0) is 0 Å². The largest absolute Gasteiger partial charge is 0.0905 e. The summed E-state index contributed by atoms with van der Waals surface area (Å²) in [6.07, 6.45) is 1.31. The Kier molecular flexibility index (Phi) is 1.69. The molecule has 0 N–H and O–H groups in total. The molecule has 1 unspecified atom stereocenters. The van der Waals surface area contributed by atoms with Gasteiger partial charge in [-0.2, -0.15) is 0 Å². The molecule has 2 atom stereocenters. The molecule has 0 saturated heterocycles. The van der Waals surface area contributed by atoms with Gasteiger partial charge in [0.2, 0.25) is 0 Å². The molecule has 2 aliphatic rings. The average Bonchev–Trinajstić information content (AvgIpc) is 3.18. The van der Waals surface area contributed by atoms with E-state index in [4.69, 9.17) is 0 Å². The van der Waals surface area contributed by atoms with Crippen molar-refractivity contribution in [2.24, 2.45) is 0 Å². The zero-order valence-electron chi connectivity index (χ0n) is 9.69. The fraction of sp³-hybridized carbons (Fsp3) is 0.176. The third-order valence-electron chi connectivity index (χ3n) is 4.16. The van der Waals surface area contributed by atoms with Gasteiger partial charge in [-0.15, -0.1) is 0 Å². The molecule has 0 radical (unpaired) electrons. The summed E-state index contributed by atoms with van der Waals surface area (Å²) in [6, 6.07) is 17.5. The molecular formula is C17H14. The van der Waals surface area contributed by atoms with Gasteiger partial charge in [0.1, 0.15) is 0 Å². The molecule has 0 bridgehead atoms. The summed E-state index contributed by atoms with van der Waals surface area (Å²) in [7, 11) is 0. The topological polar surface area (TPSA) is 0 Å². The molecule has 82 valence electrons. The molecule has 2 aromatic carbocycles. The van der Waals surface area contributed by atoms with Gasteiger partial charge in [0.15, 0.2) is 0 Å². The maximum atomic E-state index is 4.31. The minimum Gasteiger partial charge on any atom is -0.0905 e. The maximum Gasteiger partial charge on any atom is -0.00805 e. The number of benzene rings is 2. The molecular weight excluding hydrogens is 204 g/mol. The molecule has 0 heteroatoms. The molecule has 2 aliphatic carbocycles. The normalized spacial score (nSPS) is 24.4. The smallest absolute Gasteiger partial charge is 0.00805 e. The predicted molar refractivity (Wildman–Crippen MR) is 71.1 cm³/mol. The van der Waals surface area contributed by atoms with Crippen molar-refractivity contribution in [1.29, 1.82) is 0 Å². The van der Waals surface area contributed by atoms with Gasteiger partial charge in [0.05, 0.1) is 0 Å². The fourth-order valence-corrected chi connectivity index (χ4v) is 3.22. The number of hydrogen-bond donors (Lipinski definition) is 0. The van der Waals surface area contributed by atoms with Gasteiger partial charge in [-0.1, -0.05) is 55.1 Å². The maximum absolute atomic E-state index is 4.31. The predicted octanol–water partition coefficient (Wildman–Crippen LogP) is 4.33. The SMILES string of the molecule is C=C1c2ccccc2C2C[C@H]2c2ccccc21. The van der Waals surface area contributed by atoms with E-state index in [0.29, 0.717) is 0 Å². The van der Waals surface area contributed by atoms with Gasteiger partial charge in [-0.3, -0.25) is 0 Å². The highest BCUT2D eigenvalue weighted by Crippen LogP contribution is 2.59. The van der Waals surface area contributed by atoms with Crippen molar-refractivity contribution in [3.63, 3.8) is 0 Å². The molecule has 17 heavy (non-hydrogen) atoms. The second-order valence-corrected chi connectivity index (χ2v) is 5.10. The van der Waals surface area contributed by atoms with E-state index in [1.54, 1.807) is 0 Å². The molecule has 0 amide bonds. The molecule has 0 aromatic heterocycles. The van der Waals surface area contributed by atoms with E-state index >= 15 is 0 Å². The summed E-state index contributed by atoms with van der Waals surface area (Å²) in [5, 5.41) is 0. The van der Waals surface area contributed by atoms with Crippen molar-refractivity contribution < 1.29 is 0 Å². The lowest BCUT2D eigenvalue weighted by atomic mass is 9.93. The summed E-state index contributed by atoms with van der Waals surface area (Å²) in [5.41, 5.74) is 6.90. The summed E-state index contributed by atoms with van der Waals surface area (Å²) in [5.74, 6) is 1.46. The van der Waals surface area contributed by atoms with Crippen LogP contribution in [-0.4, -0.2) is 0 Å². The van der Waals surface area contributed by atoms with Gasteiger partial charge < -0.3 is 0 Å². The lowest BCUT2D eigenvalue weighted by molar-refractivity contribution is 1.03. The minimum absolute atomic E-state index is 0.728. The first kappa shape index (κ1) is 9.23. The van der Waals surface area contributed by atoms with E-state index in [2.05, 4.69) is 55.1 Å². The van der Waals surface area contributed by atoms with Gasteiger partial charge in [0.25, 0.3) is 0 Å². The van der Waals surface area contributed by atoms with Gasteiger partial charge in [-0.25, -0.2) is 0 Å². The summed E-state index contributed by atoms with van der Waals surface area (Å²) in [6.45, 7) is 4.31. The van der Waals surface area contributed by atoms with Crippen LogP contribution in [0.15, 0.2) is 55.1 Å². The van der Waals surface area contributed by atoms with Gasteiger partial charge >= 0.3 is 0 Å². The first-order valence-corrected chi connectivity index (χ1v) is 6.24. The second-order valence-electron chi connectivity index (χ2n) is 5.10. The zero-order valence-corrected chi connectivity index (χ0v) is 9.69. The Morgan fingerprint density at radius 1 is 0.765 bits per heavy atom. The van der Waals surface area contributed by atoms with E-state index in [0.717, 1.165) is 11.8 Å².